The number of rotatable bonds is 3. The van der Waals surface area contributed by atoms with Crippen LogP contribution in [0.2, 0.25) is 5.02 Å². The Morgan fingerprint density at radius 2 is 1.63 bits per heavy atom. The lowest BCUT2D eigenvalue weighted by atomic mass is 10.0. The Hall–Kier alpha value is -0.990. The number of benzene rings is 2. The minimum absolute atomic E-state index is 0.134. The maximum atomic E-state index is 6.18. The Kier molecular flexibility index (Phi) is 4.54. The van der Waals surface area contributed by atoms with Gasteiger partial charge in [0.15, 0.2) is 0 Å². The molecule has 0 aromatic heterocycles. The van der Waals surface area contributed by atoms with E-state index in [2.05, 4.69) is 48.0 Å². The summed E-state index contributed by atoms with van der Waals surface area (Å²) in [5.41, 5.74) is 4.88. The van der Waals surface area contributed by atoms with E-state index in [9.17, 15) is 0 Å². The Bertz CT molecular complexity index is 575. The molecule has 0 aliphatic rings. The zero-order chi connectivity index (χ0) is 14.0. The minimum Gasteiger partial charge on any atom is -0.495 e. The molecule has 1 nitrogen and oxygen atoms in total. The van der Waals surface area contributed by atoms with Gasteiger partial charge < -0.3 is 4.74 Å². The average molecular weight is 340 g/mol. The molecule has 2 rings (SSSR count). The van der Waals surface area contributed by atoms with Crippen LogP contribution in [0.1, 0.15) is 27.1 Å². The first kappa shape index (κ1) is 14.4. The van der Waals surface area contributed by atoms with Crippen LogP contribution in [0.4, 0.5) is 0 Å². The highest BCUT2D eigenvalue weighted by molar-refractivity contribution is 9.09. The van der Waals surface area contributed by atoms with Gasteiger partial charge in [-0.3, -0.25) is 0 Å². The molecule has 2 aromatic rings. The van der Waals surface area contributed by atoms with Gasteiger partial charge in [0.05, 0.1) is 17.0 Å². The SMILES string of the molecule is COc1ccc(C(Br)c2cc(C)cc(C)c2)cc1Cl. The number of alkyl halides is 1. The van der Waals surface area contributed by atoms with Gasteiger partial charge in [-0.15, -0.1) is 0 Å². The molecule has 1 atom stereocenters. The number of halogens is 2. The summed E-state index contributed by atoms with van der Waals surface area (Å²) < 4.78 is 5.18. The standard InChI is InChI=1S/C16H16BrClO/c1-10-6-11(2)8-13(7-10)16(17)12-4-5-15(19-3)14(18)9-12/h4-9,16H,1-3H3. The van der Waals surface area contributed by atoms with Gasteiger partial charge in [0.2, 0.25) is 0 Å². The highest BCUT2D eigenvalue weighted by Crippen LogP contribution is 2.35. The lowest BCUT2D eigenvalue weighted by molar-refractivity contribution is 0.415. The number of hydrogen-bond acceptors (Lipinski definition) is 1. The van der Waals surface area contributed by atoms with E-state index in [1.165, 1.54) is 16.7 Å². The van der Waals surface area contributed by atoms with Crippen LogP contribution in [0.25, 0.3) is 0 Å². The summed E-state index contributed by atoms with van der Waals surface area (Å²) in [6.45, 7) is 4.22. The largest absolute Gasteiger partial charge is 0.495 e. The molecule has 0 saturated heterocycles. The highest BCUT2D eigenvalue weighted by Gasteiger charge is 2.13. The third-order valence-electron chi connectivity index (χ3n) is 3.01. The van der Waals surface area contributed by atoms with Crippen LogP contribution in [0.5, 0.6) is 5.75 Å². The van der Waals surface area contributed by atoms with Crippen LogP contribution >= 0.6 is 27.5 Å². The van der Waals surface area contributed by atoms with Crippen molar-refractivity contribution in [3.63, 3.8) is 0 Å². The number of ether oxygens (including phenoxy) is 1. The van der Waals surface area contributed by atoms with E-state index in [0.717, 1.165) is 5.56 Å². The lowest BCUT2D eigenvalue weighted by Crippen LogP contribution is -1.95. The van der Waals surface area contributed by atoms with Crippen LogP contribution in [-0.4, -0.2) is 7.11 Å². The minimum atomic E-state index is 0.134. The molecule has 0 saturated carbocycles. The number of methoxy groups -OCH3 is 1. The summed E-state index contributed by atoms with van der Waals surface area (Å²) in [7, 11) is 1.62. The molecule has 0 N–H and O–H groups in total. The predicted molar refractivity (Wildman–Crippen MR) is 84.7 cm³/mol. The Balaban J connectivity index is 2.38. The van der Waals surface area contributed by atoms with Gasteiger partial charge >= 0.3 is 0 Å². The van der Waals surface area contributed by atoms with E-state index in [0.29, 0.717) is 10.8 Å². The molecule has 0 bridgehead atoms. The van der Waals surface area contributed by atoms with Crippen LogP contribution in [0, 0.1) is 13.8 Å². The molecule has 0 aliphatic carbocycles. The molecule has 0 aliphatic heterocycles. The van der Waals surface area contributed by atoms with Gasteiger partial charge in [-0.1, -0.05) is 62.9 Å². The summed E-state index contributed by atoms with van der Waals surface area (Å²) >= 11 is 9.92. The Morgan fingerprint density at radius 3 is 2.16 bits per heavy atom. The van der Waals surface area contributed by atoms with Crippen molar-refractivity contribution in [2.45, 2.75) is 18.7 Å². The summed E-state index contributed by atoms with van der Waals surface area (Å²) in [5.74, 6) is 0.700. The Morgan fingerprint density at radius 1 is 1.00 bits per heavy atom. The van der Waals surface area contributed by atoms with E-state index in [1.807, 2.05) is 18.2 Å². The predicted octanol–water partition coefficient (Wildman–Crippen LogP) is 5.45. The van der Waals surface area contributed by atoms with Crippen molar-refractivity contribution in [2.24, 2.45) is 0 Å². The van der Waals surface area contributed by atoms with Crippen LogP contribution in [0.3, 0.4) is 0 Å². The van der Waals surface area contributed by atoms with Crippen LogP contribution < -0.4 is 4.74 Å². The monoisotopic (exact) mass is 338 g/mol. The van der Waals surface area contributed by atoms with Crippen molar-refractivity contribution in [3.05, 3.63) is 63.7 Å². The Labute approximate surface area is 127 Å². The third kappa shape index (κ3) is 3.31. The van der Waals surface area contributed by atoms with Crippen molar-refractivity contribution in [2.75, 3.05) is 7.11 Å². The van der Waals surface area contributed by atoms with E-state index in [1.54, 1.807) is 7.11 Å². The summed E-state index contributed by atoms with van der Waals surface area (Å²) in [6, 6.07) is 12.4. The second-order valence-corrected chi connectivity index (χ2v) is 6.00. The quantitative estimate of drug-likeness (QED) is 0.676. The van der Waals surface area contributed by atoms with E-state index < -0.39 is 0 Å². The topological polar surface area (TPSA) is 9.23 Å². The molecule has 19 heavy (non-hydrogen) atoms. The number of hydrogen-bond donors (Lipinski definition) is 0. The first-order valence-corrected chi connectivity index (χ1v) is 7.36. The fourth-order valence-electron chi connectivity index (χ4n) is 2.19. The van der Waals surface area contributed by atoms with Gasteiger partial charge in [-0.25, -0.2) is 0 Å². The second-order valence-electron chi connectivity index (χ2n) is 4.68. The van der Waals surface area contributed by atoms with E-state index in [4.69, 9.17) is 16.3 Å². The number of aryl methyl sites for hydroxylation is 2. The smallest absolute Gasteiger partial charge is 0.137 e. The van der Waals surface area contributed by atoms with Crippen molar-refractivity contribution in [1.82, 2.24) is 0 Å². The maximum Gasteiger partial charge on any atom is 0.137 e. The fraction of sp³-hybridized carbons (Fsp3) is 0.250. The molecule has 2 aromatic carbocycles. The van der Waals surface area contributed by atoms with Gasteiger partial charge in [-0.05, 0) is 37.1 Å². The lowest BCUT2D eigenvalue weighted by Gasteiger charge is -2.14. The van der Waals surface area contributed by atoms with Crippen LogP contribution in [-0.2, 0) is 0 Å². The summed E-state index contributed by atoms with van der Waals surface area (Å²) in [6.07, 6.45) is 0. The molecule has 0 spiro atoms. The zero-order valence-corrected chi connectivity index (χ0v) is 13.5. The highest BCUT2D eigenvalue weighted by atomic mass is 79.9. The maximum absolute atomic E-state index is 6.18. The molecular formula is C16H16BrClO. The van der Waals surface area contributed by atoms with Gasteiger partial charge in [0.1, 0.15) is 5.75 Å². The first-order valence-electron chi connectivity index (χ1n) is 6.07. The molecule has 0 heterocycles. The van der Waals surface area contributed by atoms with Gasteiger partial charge in [0, 0.05) is 0 Å². The molecule has 0 radical (unpaired) electrons. The van der Waals surface area contributed by atoms with Crippen molar-refractivity contribution in [3.8, 4) is 5.75 Å². The molecule has 0 fully saturated rings. The van der Waals surface area contributed by atoms with Gasteiger partial charge in [-0.2, -0.15) is 0 Å². The van der Waals surface area contributed by atoms with Crippen LogP contribution in [0.15, 0.2) is 36.4 Å². The van der Waals surface area contributed by atoms with Crippen molar-refractivity contribution < 1.29 is 4.74 Å². The summed E-state index contributed by atoms with van der Waals surface area (Å²) in [4.78, 5) is 0.134. The molecular weight excluding hydrogens is 324 g/mol. The molecule has 100 valence electrons. The van der Waals surface area contributed by atoms with Crippen molar-refractivity contribution >= 4 is 27.5 Å². The molecule has 0 amide bonds. The van der Waals surface area contributed by atoms with Crippen molar-refractivity contribution in [1.29, 1.82) is 0 Å². The first-order chi connectivity index (χ1) is 9.01. The van der Waals surface area contributed by atoms with Gasteiger partial charge in [0.25, 0.3) is 0 Å². The van der Waals surface area contributed by atoms with E-state index >= 15 is 0 Å². The van der Waals surface area contributed by atoms with E-state index in [-0.39, 0.29) is 4.83 Å². The zero-order valence-electron chi connectivity index (χ0n) is 11.2. The third-order valence-corrected chi connectivity index (χ3v) is 4.36. The summed E-state index contributed by atoms with van der Waals surface area (Å²) in [5, 5.41) is 0.633. The molecule has 1 unspecified atom stereocenters. The fourth-order valence-corrected chi connectivity index (χ4v) is 3.00. The molecule has 3 heteroatoms. The average Bonchev–Trinajstić information content (AvgIpc) is 2.36. The normalized spacial score (nSPS) is 12.3. The second kappa shape index (κ2) is 5.98.